The summed E-state index contributed by atoms with van der Waals surface area (Å²) in [6.07, 6.45) is 0. The van der Waals surface area contributed by atoms with Crippen LogP contribution >= 0.6 is 23.6 Å². The number of carbonyl (C=O) groups is 2. The smallest absolute Gasteiger partial charge is 0.267 e. The fourth-order valence-corrected chi connectivity index (χ4v) is 2.31. The van der Waals surface area contributed by atoms with E-state index >= 15 is 0 Å². The number of rotatable bonds is 3. The number of carbonyl (C=O) groups excluding carboxylic acids is 2. The monoisotopic (exact) mass is 305 g/mol. The van der Waals surface area contributed by atoms with Crippen molar-refractivity contribution in [2.75, 3.05) is 5.32 Å². The summed E-state index contributed by atoms with van der Waals surface area (Å²) >= 11 is 6.37. The van der Waals surface area contributed by atoms with Crippen LogP contribution in [0.4, 0.5) is 5.69 Å². The van der Waals surface area contributed by atoms with Crippen molar-refractivity contribution in [3.8, 4) is 0 Å². The van der Waals surface area contributed by atoms with Gasteiger partial charge in [-0.1, -0.05) is 12.1 Å². The summed E-state index contributed by atoms with van der Waals surface area (Å²) in [5.74, 6) is -0.800. The molecule has 7 heteroatoms. The maximum absolute atomic E-state index is 11.8. The van der Waals surface area contributed by atoms with E-state index in [9.17, 15) is 9.59 Å². The quantitative estimate of drug-likeness (QED) is 0.757. The number of hydrogen-bond acceptors (Lipinski definition) is 4. The average molecular weight is 305 g/mol. The lowest BCUT2D eigenvalue weighted by atomic mass is 10.2. The van der Waals surface area contributed by atoms with Crippen LogP contribution in [0.3, 0.4) is 0 Å². The molecule has 2 amide bonds. The van der Waals surface area contributed by atoms with Gasteiger partial charge >= 0.3 is 0 Å². The van der Waals surface area contributed by atoms with Crippen LogP contribution in [-0.4, -0.2) is 16.9 Å². The number of nitrogens with one attached hydrogen (secondary N) is 2. The molecule has 0 aliphatic carbocycles. The zero-order valence-corrected chi connectivity index (χ0v) is 11.9. The number of thiocarbonyl (C=S) groups is 1. The molecule has 2 aromatic rings. The zero-order valence-electron chi connectivity index (χ0n) is 10.3. The molecule has 4 N–H and O–H groups in total. The Hall–Kier alpha value is -2.25. The van der Waals surface area contributed by atoms with E-state index < -0.39 is 5.91 Å². The highest BCUT2D eigenvalue weighted by atomic mass is 32.1. The van der Waals surface area contributed by atoms with Gasteiger partial charge in [-0.15, -0.1) is 11.3 Å². The number of hydrogen-bond donors (Lipinski definition) is 3. The van der Waals surface area contributed by atoms with E-state index in [0.717, 1.165) is 0 Å². The van der Waals surface area contributed by atoms with Gasteiger partial charge in [-0.05, 0) is 41.9 Å². The van der Waals surface area contributed by atoms with E-state index in [2.05, 4.69) is 10.6 Å². The molecule has 102 valence electrons. The summed E-state index contributed by atoms with van der Waals surface area (Å²) in [5.41, 5.74) is 6.14. The largest absolute Gasteiger partial charge is 0.366 e. The van der Waals surface area contributed by atoms with Gasteiger partial charge < -0.3 is 11.1 Å². The van der Waals surface area contributed by atoms with Gasteiger partial charge in [-0.25, -0.2) is 0 Å². The van der Waals surface area contributed by atoms with Gasteiger partial charge in [0.05, 0.1) is 4.88 Å². The van der Waals surface area contributed by atoms with Crippen molar-refractivity contribution in [2.24, 2.45) is 5.73 Å². The Morgan fingerprint density at radius 2 is 2.00 bits per heavy atom. The second-order valence-corrected chi connectivity index (χ2v) is 5.19. The average Bonchev–Trinajstić information content (AvgIpc) is 2.92. The molecule has 0 aliphatic heterocycles. The molecule has 0 saturated heterocycles. The molecule has 20 heavy (non-hydrogen) atoms. The molecule has 1 aromatic carbocycles. The Morgan fingerprint density at radius 3 is 2.65 bits per heavy atom. The first-order chi connectivity index (χ1) is 9.56. The second-order valence-electron chi connectivity index (χ2n) is 3.83. The minimum absolute atomic E-state index is 0.157. The maximum atomic E-state index is 11.8. The number of anilines is 1. The predicted molar refractivity (Wildman–Crippen MR) is 83.0 cm³/mol. The Bertz CT molecular complexity index is 653. The van der Waals surface area contributed by atoms with Crippen LogP contribution in [0.2, 0.25) is 0 Å². The Labute approximate surface area is 124 Å². The second kappa shape index (κ2) is 6.27. The van der Waals surface area contributed by atoms with Crippen LogP contribution in [0.15, 0.2) is 41.8 Å². The van der Waals surface area contributed by atoms with Gasteiger partial charge in [-0.2, -0.15) is 0 Å². The lowest BCUT2D eigenvalue weighted by molar-refractivity contribution is 0.0978. The highest BCUT2D eigenvalue weighted by Gasteiger charge is 2.09. The van der Waals surface area contributed by atoms with Crippen LogP contribution in [0, 0.1) is 0 Å². The van der Waals surface area contributed by atoms with Crippen molar-refractivity contribution < 1.29 is 9.59 Å². The molecule has 2 rings (SSSR count). The number of thiophene rings is 1. The lowest BCUT2D eigenvalue weighted by Crippen LogP contribution is -2.33. The van der Waals surface area contributed by atoms with Gasteiger partial charge in [0.1, 0.15) is 0 Å². The van der Waals surface area contributed by atoms with E-state index in [0.29, 0.717) is 16.1 Å². The van der Waals surface area contributed by atoms with Gasteiger partial charge in [0.15, 0.2) is 5.11 Å². The van der Waals surface area contributed by atoms with Crippen molar-refractivity contribution in [2.45, 2.75) is 0 Å². The molecule has 0 unspecified atom stereocenters. The van der Waals surface area contributed by atoms with Gasteiger partial charge in [-0.3, -0.25) is 14.9 Å². The fourth-order valence-electron chi connectivity index (χ4n) is 1.49. The van der Waals surface area contributed by atoms with Crippen molar-refractivity contribution in [1.82, 2.24) is 5.32 Å². The molecule has 0 spiro atoms. The van der Waals surface area contributed by atoms with Crippen molar-refractivity contribution in [1.29, 1.82) is 0 Å². The number of primary amides is 1. The summed E-state index contributed by atoms with van der Waals surface area (Å²) in [6.45, 7) is 0. The van der Waals surface area contributed by atoms with Crippen LogP contribution in [0.5, 0.6) is 0 Å². The lowest BCUT2D eigenvalue weighted by Gasteiger charge is -2.09. The minimum Gasteiger partial charge on any atom is -0.366 e. The summed E-state index contributed by atoms with van der Waals surface area (Å²) < 4.78 is 0. The molecule has 1 heterocycles. The van der Waals surface area contributed by atoms with E-state index in [-0.39, 0.29) is 11.0 Å². The molecule has 5 nitrogen and oxygen atoms in total. The fraction of sp³-hybridized carbons (Fsp3) is 0. The molecule has 0 atom stereocenters. The first-order valence-corrected chi connectivity index (χ1v) is 6.91. The minimum atomic E-state index is -0.526. The number of nitrogens with two attached hydrogens (primary N) is 1. The highest BCUT2D eigenvalue weighted by Crippen LogP contribution is 2.11. The Balaban J connectivity index is 1.99. The molecule has 0 saturated carbocycles. The summed E-state index contributed by atoms with van der Waals surface area (Å²) in [5, 5.41) is 7.35. The Kier molecular flexibility index (Phi) is 4.44. The van der Waals surface area contributed by atoms with Crippen molar-refractivity contribution in [3.05, 3.63) is 52.2 Å². The van der Waals surface area contributed by atoms with Gasteiger partial charge in [0.25, 0.3) is 5.91 Å². The van der Waals surface area contributed by atoms with Crippen LogP contribution < -0.4 is 16.4 Å². The standard InChI is InChI=1S/C13H11N3O2S2/c14-11(17)8-3-1-4-9(7-8)15-13(19)16-12(18)10-5-2-6-20-10/h1-7H,(H2,14,17)(H2,15,16,18,19). The molecular weight excluding hydrogens is 294 g/mol. The topological polar surface area (TPSA) is 84.2 Å². The van der Waals surface area contributed by atoms with Gasteiger partial charge in [0.2, 0.25) is 5.91 Å². The summed E-state index contributed by atoms with van der Waals surface area (Å²) in [7, 11) is 0. The molecular formula is C13H11N3O2S2. The van der Waals surface area contributed by atoms with E-state index in [1.165, 1.54) is 11.3 Å². The molecule has 0 aliphatic rings. The maximum Gasteiger partial charge on any atom is 0.267 e. The summed E-state index contributed by atoms with van der Waals surface area (Å²) in [4.78, 5) is 23.4. The first kappa shape index (κ1) is 14.2. The molecule has 0 bridgehead atoms. The van der Waals surface area contributed by atoms with E-state index in [1.807, 2.05) is 5.38 Å². The third-order valence-electron chi connectivity index (χ3n) is 2.38. The van der Waals surface area contributed by atoms with E-state index in [4.69, 9.17) is 18.0 Å². The van der Waals surface area contributed by atoms with Crippen molar-refractivity contribution in [3.63, 3.8) is 0 Å². The predicted octanol–water partition coefficient (Wildman–Crippen LogP) is 1.97. The van der Waals surface area contributed by atoms with Crippen molar-refractivity contribution >= 4 is 46.2 Å². The van der Waals surface area contributed by atoms with Crippen LogP contribution in [0.1, 0.15) is 20.0 Å². The normalized spacial score (nSPS) is 9.80. The summed E-state index contributed by atoms with van der Waals surface area (Å²) in [6, 6.07) is 10.0. The van der Waals surface area contributed by atoms with Crippen LogP contribution in [0.25, 0.3) is 0 Å². The Morgan fingerprint density at radius 1 is 1.20 bits per heavy atom. The van der Waals surface area contributed by atoms with Gasteiger partial charge in [0, 0.05) is 11.3 Å². The van der Waals surface area contributed by atoms with Crippen LogP contribution in [-0.2, 0) is 0 Å². The third kappa shape index (κ3) is 3.62. The molecule has 0 radical (unpaired) electrons. The first-order valence-electron chi connectivity index (χ1n) is 5.62. The SMILES string of the molecule is NC(=O)c1cccc(NC(=S)NC(=O)c2cccs2)c1. The molecule has 0 fully saturated rings. The number of benzene rings is 1. The molecule has 1 aromatic heterocycles. The number of amides is 2. The zero-order chi connectivity index (χ0) is 14.5. The highest BCUT2D eigenvalue weighted by molar-refractivity contribution is 7.80. The van der Waals surface area contributed by atoms with E-state index in [1.54, 1.807) is 36.4 Å². The third-order valence-corrected chi connectivity index (χ3v) is 3.45.